The number of hydrogen-bond acceptors (Lipinski definition) is 4. The van der Waals surface area contributed by atoms with Gasteiger partial charge in [-0.2, -0.15) is 0 Å². The molecule has 0 aliphatic rings. The molecule has 1 atom stereocenters. The Morgan fingerprint density at radius 2 is 1.73 bits per heavy atom. The highest BCUT2D eigenvalue weighted by molar-refractivity contribution is 7.92. The Hall–Kier alpha value is -2.58. The summed E-state index contributed by atoms with van der Waals surface area (Å²) >= 11 is 5.95. The van der Waals surface area contributed by atoms with Crippen LogP contribution in [0.2, 0.25) is 5.02 Å². The number of halogens is 1. The van der Waals surface area contributed by atoms with Crippen LogP contribution in [-0.2, 0) is 26.2 Å². The molecule has 2 rings (SSSR count). The van der Waals surface area contributed by atoms with Gasteiger partial charge in [-0.05, 0) is 62.1 Å². The van der Waals surface area contributed by atoms with Gasteiger partial charge in [0.1, 0.15) is 6.04 Å². The van der Waals surface area contributed by atoms with Crippen molar-refractivity contribution in [1.29, 1.82) is 0 Å². The van der Waals surface area contributed by atoms with Crippen LogP contribution >= 0.6 is 11.6 Å². The Kier molecular flexibility index (Phi) is 9.31. The Balaban J connectivity index is 2.17. The molecular formula is C24H32ClN3O4S. The molecule has 0 aliphatic heterocycles. The van der Waals surface area contributed by atoms with Crippen LogP contribution in [-0.4, -0.2) is 51.0 Å². The number of nitrogens with one attached hydrogen (secondary N) is 1. The van der Waals surface area contributed by atoms with E-state index in [-0.39, 0.29) is 31.3 Å². The van der Waals surface area contributed by atoms with Crippen molar-refractivity contribution in [3.8, 4) is 0 Å². The van der Waals surface area contributed by atoms with Gasteiger partial charge in [-0.15, -0.1) is 0 Å². The third-order valence-electron chi connectivity index (χ3n) is 5.68. The number of benzene rings is 2. The summed E-state index contributed by atoms with van der Waals surface area (Å²) in [5, 5.41) is 3.17. The number of carbonyl (C=O) groups excluding carboxylic acids is 2. The predicted molar refractivity (Wildman–Crippen MR) is 133 cm³/mol. The van der Waals surface area contributed by atoms with Crippen molar-refractivity contribution in [2.45, 2.75) is 46.2 Å². The normalized spacial score (nSPS) is 12.2. The number of sulfonamides is 1. The standard InChI is InChI=1S/C24H32ClN3O4S/c1-17-8-6-9-22(18(17)2)28(33(5,31)32)15-7-10-23(29)27(19(3)24(30)26-4)16-20-11-13-21(25)14-12-20/h6,8-9,11-14,19H,7,10,15-16H2,1-5H3,(H,26,30). The fourth-order valence-electron chi connectivity index (χ4n) is 3.57. The van der Waals surface area contributed by atoms with Crippen molar-refractivity contribution < 1.29 is 18.0 Å². The van der Waals surface area contributed by atoms with Crippen molar-refractivity contribution in [3.05, 3.63) is 64.2 Å². The SMILES string of the molecule is CNC(=O)C(C)N(Cc1ccc(Cl)cc1)C(=O)CCCN(c1cccc(C)c1C)S(C)(=O)=O. The third kappa shape index (κ3) is 7.20. The van der Waals surface area contributed by atoms with E-state index in [1.807, 2.05) is 38.1 Å². The van der Waals surface area contributed by atoms with Crippen LogP contribution < -0.4 is 9.62 Å². The molecule has 0 fully saturated rings. The van der Waals surface area contributed by atoms with Crippen LogP contribution in [0.25, 0.3) is 0 Å². The Bertz CT molecular complexity index is 1090. The van der Waals surface area contributed by atoms with Crippen molar-refractivity contribution in [3.63, 3.8) is 0 Å². The van der Waals surface area contributed by atoms with E-state index in [0.29, 0.717) is 17.1 Å². The molecular weight excluding hydrogens is 462 g/mol. The van der Waals surface area contributed by atoms with Crippen molar-refractivity contribution >= 4 is 39.1 Å². The smallest absolute Gasteiger partial charge is 0.242 e. The second-order valence-electron chi connectivity index (χ2n) is 8.10. The zero-order valence-electron chi connectivity index (χ0n) is 19.8. The van der Waals surface area contributed by atoms with Gasteiger partial charge in [0, 0.05) is 31.6 Å². The van der Waals surface area contributed by atoms with Gasteiger partial charge in [0.05, 0.1) is 11.9 Å². The van der Waals surface area contributed by atoms with Crippen LogP contribution in [0.5, 0.6) is 0 Å². The topological polar surface area (TPSA) is 86.8 Å². The number of anilines is 1. The molecule has 0 saturated carbocycles. The fourth-order valence-corrected chi connectivity index (χ4v) is 4.71. The molecule has 0 aliphatic carbocycles. The molecule has 0 saturated heterocycles. The first-order valence-electron chi connectivity index (χ1n) is 10.7. The predicted octanol–water partition coefficient (Wildman–Crippen LogP) is 3.67. The van der Waals surface area contributed by atoms with Crippen LogP contribution in [0, 0.1) is 13.8 Å². The van der Waals surface area contributed by atoms with E-state index < -0.39 is 16.1 Å². The highest BCUT2D eigenvalue weighted by Crippen LogP contribution is 2.25. The van der Waals surface area contributed by atoms with Crippen molar-refractivity contribution in [2.75, 3.05) is 24.2 Å². The average Bonchev–Trinajstić information content (AvgIpc) is 2.76. The van der Waals surface area contributed by atoms with Gasteiger partial charge in [0.15, 0.2) is 0 Å². The maximum Gasteiger partial charge on any atom is 0.242 e. The first-order valence-corrected chi connectivity index (χ1v) is 13.0. The Labute approximate surface area is 201 Å². The number of hydrogen-bond donors (Lipinski definition) is 1. The van der Waals surface area contributed by atoms with Crippen LogP contribution in [0.15, 0.2) is 42.5 Å². The molecule has 180 valence electrons. The zero-order chi connectivity index (χ0) is 24.8. The number of aryl methyl sites for hydroxylation is 1. The van der Waals surface area contributed by atoms with Gasteiger partial charge in [-0.3, -0.25) is 13.9 Å². The molecule has 0 radical (unpaired) electrons. The van der Waals surface area contributed by atoms with Crippen molar-refractivity contribution in [1.82, 2.24) is 10.2 Å². The summed E-state index contributed by atoms with van der Waals surface area (Å²) in [6, 6.07) is 11.9. The van der Waals surface area contributed by atoms with Gasteiger partial charge >= 0.3 is 0 Å². The Morgan fingerprint density at radius 3 is 2.30 bits per heavy atom. The molecule has 1 N–H and O–H groups in total. The quantitative estimate of drug-likeness (QED) is 0.547. The zero-order valence-corrected chi connectivity index (χ0v) is 21.3. The minimum atomic E-state index is -3.53. The second-order valence-corrected chi connectivity index (χ2v) is 10.4. The van der Waals surface area contributed by atoms with Gasteiger partial charge < -0.3 is 10.2 Å². The molecule has 0 bridgehead atoms. The molecule has 2 aromatic carbocycles. The van der Waals surface area contributed by atoms with E-state index in [9.17, 15) is 18.0 Å². The summed E-state index contributed by atoms with van der Waals surface area (Å²) in [6.07, 6.45) is 1.58. The summed E-state index contributed by atoms with van der Waals surface area (Å²) in [7, 11) is -2.00. The fraction of sp³-hybridized carbons (Fsp3) is 0.417. The lowest BCUT2D eigenvalue weighted by Crippen LogP contribution is -2.46. The highest BCUT2D eigenvalue weighted by Gasteiger charge is 2.26. The number of likely N-dealkylation sites (N-methyl/N-ethyl adjacent to an activating group) is 1. The minimum absolute atomic E-state index is 0.103. The van der Waals surface area contributed by atoms with Gasteiger partial charge in [0.2, 0.25) is 21.8 Å². The monoisotopic (exact) mass is 493 g/mol. The summed E-state index contributed by atoms with van der Waals surface area (Å²) < 4.78 is 26.3. The van der Waals surface area contributed by atoms with E-state index in [1.165, 1.54) is 16.3 Å². The molecule has 1 unspecified atom stereocenters. The molecule has 9 heteroatoms. The van der Waals surface area contributed by atoms with Crippen LogP contribution in [0.1, 0.15) is 36.5 Å². The summed E-state index contributed by atoms with van der Waals surface area (Å²) in [5.41, 5.74) is 3.33. The van der Waals surface area contributed by atoms with E-state index in [4.69, 9.17) is 11.6 Å². The van der Waals surface area contributed by atoms with Crippen molar-refractivity contribution in [2.24, 2.45) is 0 Å². The van der Waals surface area contributed by atoms with Gasteiger partial charge in [-0.1, -0.05) is 35.9 Å². The maximum absolute atomic E-state index is 13.1. The summed E-state index contributed by atoms with van der Waals surface area (Å²) in [6.45, 7) is 5.89. The first kappa shape index (κ1) is 26.7. The first-order chi connectivity index (χ1) is 15.5. The summed E-state index contributed by atoms with van der Waals surface area (Å²) in [4.78, 5) is 26.9. The molecule has 0 spiro atoms. The van der Waals surface area contributed by atoms with Crippen LogP contribution in [0.3, 0.4) is 0 Å². The lowest BCUT2D eigenvalue weighted by Gasteiger charge is -2.29. The number of amides is 2. The number of nitrogens with zero attached hydrogens (tertiary/aromatic N) is 2. The molecule has 7 nitrogen and oxygen atoms in total. The summed E-state index contributed by atoms with van der Waals surface area (Å²) in [5.74, 6) is -0.499. The number of rotatable bonds is 10. The minimum Gasteiger partial charge on any atom is -0.357 e. The van der Waals surface area contributed by atoms with E-state index in [2.05, 4.69) is 5.32 Å². The third-order valence-corrected chi connectivity index (χ3v) is 7.11. The van der Waals surface area contributed by atoms with E-state index >= 15 is 0 Å². The Morgan fingerprint density at radius 1 is 1.09 bits per heavy atom. The molecule has 2 amide bonds. The van der Waals surface area contributed by atoms with E-state index in [1.54, 1.807) is 25.1 Å². The molecule has 0 aromatic heterocycles. The molecule has 0 heterocycles. The second kappa shape index (κ2) is 11.5. The van der Waals surface area contributed by atoms with Gasteiger partial charge in [-0.25, -0.2) is 8.42 Å². The number of carbonyl (C=O) groups is 2. The van der Waals surface area contributed by atoms with Crippen LogP contribution in [0.4, 0.5) is 5.69 Å². The largest absolute Gasteiger partial charge is 0.357 e. The highest BCUT2D eigenvalue weighted by atomic mass is 35.5. The lowest BCUT2D eigenvalue weighted by molar-refractivity contribution is -0.140. The van der Waals surface area contributed by atoms with E-state index in [0.717, 1.165) is 22.9 Å². The van der Waals surface area contributed by atoms with Gasteiger partial charge in [0.25, 0.3) is 0 Å². The lowest BCUT2D eigenvalue weighted by atomic mass is 10.1. The molecule has 2 aromatic rings. The maximum atomic E-state index is 13.1. The molecule has 33 heavy (non-hydrogen) atoms. The average molecular weight is 494 g/mol.